The Hall–Kier alpha value is -2.07. The van der Waals surface area contributed by atoms with Gasteiger partial charge >= 0.3 is 0 Å². The molecule has 1 aliphatic rings. The Kier molecular flexibility index (Phi) is 6.33. The van der Waals surface area contributed by atoms with Crippen LogP contribution >= 0.6 is 34.3 Å². The van der Waals surface area contributed by atoms with Gasteiger partial charge in [-0.1, -0.05) is 11.6 Å². The van der Waals surface area contributed by atoms with E-state index in [1.54, 1.807) is 6.20 Å². The summed E-state index contributed by atoms with van der Waals surface area (Å²) in [6.07, 6.45) is 2.18. The molecule has 7 nitrogen and oxygen atoms in total. The van der Waals surface area contributed by atoms with Gasteiger partial charge in [-0.25, -0.2) is 15.0 Å². The molecular weight excluding hydrogens is 440 g/mol. The number of aryl methyl sites for hydroxylation is 2. The lowest BCUT2D eigenvalue weighted by Crippen LogP contribution is -2.44. The topological polar surface area (TPSA) is 74.2 Å². The zero-order valence-corrected chi connectivity index (χ0v) is 19.5. The number of rotatable bonds is 5. The van der Waals surface area contributed by atoms with Gasteiger partial charge in [0.1, 0.15) is 20.9 Å². The van der Waals surface area contributed by atoms with Crippen LogP contribution in [0.5, 0.6) is 0 Å². The molecule has 3 aromatic rings. The van der Waals surface area contributed by atoms with E-state index in [0.717, 1.165) is 54.1 Å². The number of carbonyl (C=O) groups is 1. The van der Waals surface area contributed by atoms with Gasteiger partial charge < -0.3 is 15.1 Å². The monoisotopic (exact) mass is 462 g/mol. The molecular formula is C20H23ClN6OS2. The molecule has 0 unspecified atom stereocenters. The molecule has 1 amide bonds. The summed E-state index contributed by atoms with van der Waals surface area (Å²) >= 11 is 8.94. The van der Waals surface area contributed by atoms with Crippen molar-refractivity contribution in [2.45, 2.75) is 20.3 Å². The number of halogens is 1. The third kappa shape index (κ3) is 4.80. The normalized spacial score (nSPS) is 14.9. The molecule has 0 spiro atoms. The predicted octanol–water partition coefficient (Wildman–Crippen LogP) is 3.86. The number of amides is 1. The minimum Gasteiger partial charge on any atom is -0.354 e. The number of piperazine rings is 1. The fourth-order valence-electron chi connectivity index (χ4n) is 3.29. The van der Waals surface area contributed by atoms with E-state index in [2.05, 4.69) is 37.1 Å². The lowest BCUT2D eigenvalue weighted by Gasteiger charge is -2.33. The molecule has 0 aromatic carbocycles. The summed E-state index contributed by atoms with van der Waals surface area (Å²) in [6.45, 7) is 7.80. The average Bonchev–Trinajstić information content (AvgIpc) is 3.30. The van der Waals surface area contributed by atoms with Gasteiger partial charge in [0.05, 0.1) is 22.6 Å². The summed E-state index contributed by atoms with van der Waals surface area (Å²) in [5.74, 6) is 1.51. The van der Waals surface area contributed by atoms with Crippen LogP contribution in [-0.2, 0) is 6.42 Å². The Balaban J connectivity index is 1.46. The summed E-state index contributed by atoms with van der Waals surface area (Å²) in [6, 6.07) is 2.04. The fraction of sp³-hybridized carbons (Fsp3) is 0.400. The van der Waals surface area contributed by atoms with Crippen LogP contribution in [0, 0.1) is 13.8 Å². The first-order valence-corrected chi connectivity index (χ1v) is 11.7. The first-order chi connectivity index (χ1) is 14.4. The molecule has 0 bridgehead atoms. The minimum absolute atomic E-state index is 0.195. The molecule has 1 fully saturated rings. The second-order valence-electron chi connectivity index (χ2n) is 7.37. The van der Waals surface area contributed by atoms with Gasteiger partial charge in [-0.2, -0.15) is 0 Å². The molecule has 10 heteroatoms. The molecule has 1 N–H and O–H groups in total. The molecule has 0 aliphatic carbocycles. The Morgan fingerprint density at radius 1 is 1.23 bits per heavy atom. The minimum atomic E-state index is -0.195. The lowest BCUT2D eigenvalue weighted by atomic mass is 10.2. The molecule has 30 heavy (non-hydrogen) atoms. The van der Waals surface area contributed by atoms with Crippen molar-refractivity contribution in [1.29, 1.82) is 0 Å². The number of aromatic nitrogens is 3. The molecule has 0 radical (unpaired) electrons. The Morgan fingerprint density at radius 3 is 2.70 bits per heavy atom. The van der Waals surface area contributed by atoms with E-state index in [4.69, 9.17) is 11.6 Å². The van der Waals surface area contributed by atoms with Crippen LogP contribution in [0.2, 0.25) is 4.34 Å². The van der Waals surface area contributed by atoms with Crippen LogP contribution in [0.1, 0.15) is 31.8 Å². The molecule has 0 atom stereocenters. The second-order valence-corrected chi connectivity index (χ2v) is 9.97. The maximum Gasteiger partial charge on any atom is 0.267 e. The smallest absolute Gasteiger partial charge is 0.267 e. The Labute approximate surface area is 188 Å². The van der Waals surface area contributed by atoms with Gasteiger partial charge in [-0.3, -0.25) is 4.79 Å². The highest BCUT2D eigenvalue weighted by Gasteiger charge is 2.18. The van der Waals surface area contributed by atoms with Gasteiger partial charge in [0, 0.05) is 38.7 Å². The largest absolute Gasteiger partial charge is 0.354 e. The van der Waals surface area contributed by atoms with Crippen molar-refractivity contribution in [3.63, 3.8) is 0 Å². The zero-order valence-electron chi connectivity index (χ0n) is 17.1. The molecule has 158 valence electrons. The maximum absolute atomic E-state index is 12.6. The van der Waals surface area contributed by atoms with Crippen molar-refractivity contribution in [1.82, 2.24) is 19.9 Å². The number of nitrogens with one attached hydrogen (secondary N) is 1. The van der Waals surface area contributed by atoms with Crippen molar-refractivity contribution in [2.24, 2.45) is 0 Å². The molecule has 1 saturated heterocycles. The number of hydrogen-bond acceptors (Lipinski definition) is 8. The summed E-state index contributed by atoms with van der Waals surface area (Å²) < 4.78 is 0.582. The highest BCUT2D eigenvalue weighted by molar-refractivity contribution is 7.15. The standard InChI is InChI=1S/C20H23ClN6OS2/c1-12-11-29-19(21)18(12)25-20(28)15-10-22-17(30-15)9-14-8-16(24-13(2)23-14)27-6-4-26(3)5-7-27/h8,10-11H,4-7,9H2,1-3H3,(H,25,28). The first-order valence-electron chi connectivity index (χ1n) is 9.66. The Morgan fingerprint density at radius 2 is 2.00 bits per heavy atom. The SMILES string of the molecule is Cc1nc(Cc2ncc(C(=O)Nc3c(C)csc3Cl)s2)cc(N2CCN(C)CC2)n1. The third-order valence-electron chi connectivity index (χ3n) is 4.98. The summed E-state index contributed by atoms with van der Waals surface area (Å²) in [5.41, 5.74) is 2.54. The quantitative estimate of drug-likeness (QED) is 0.620. The summed E-state index contributed by atoms with van der Waals surface area (Å²) in [5, 5.41) is 5.66. The second kappa shape index (κ2) is 8.97. The van der Waals surface area contributed by atoms with Crippen LogP contribution in [0.4, 0.5) is 11.5 Å². The van der Waals surface area contributed by atoms with Gasteiger partial charge in [0.15, 0.2) is 0 Å². The van der Waals surface area contributed by atoms with Crippen LogP contribution in [-0.4, -0.2) is 59.0 Å². The predicted molar refractivity (Wildman–Crippen MR) is 123 cm³/mol. The molecule has 3 aromatic heterocycles. The molecule has 4 rings (SSSR count). The lowest BCUT2D eigenvalue weighted by molar-refractivity contribution is 0.103. The van der Waals surface area contributed by atoms with Gasteiger partial charge in [0.2, 0.25) is 0 Å². The van der Waals surface area contributed by atoms with Crippen molar-refractivity contribution < 1.29 is 4.79 Å². The van der Waals surface area contributed by atoms with Crippen LogP contribution in [0.15, 0.2) is 17.6 Å². The number of hydrogen-bond donors (Lipinski definition) is 1. The molecule has 4 heterocycles. The van der Waals surface area contributed by atoms with E-state index in [-0.39, 0.29) is 5.91 Å². The van der Waals surface area contributed by atoms with E-state index >= 15 is 0 Å². The maximum atomic E-state index is 12.6. The van der Waals surface area contributed by atoms with E-state index in [0.29, 0.717) is 21.3 Å². The molecule has 0 saturated carbocycles. The van der Waals surface area contributed by atoms with Crippen LogP contribution in [0.25, 0.3) is 0 Å². The van der Waals surface area contributed by atoms with Crippen molar-refractivity contribution >= 4 is 51.7 Å². The van der Waals surface area contributed by atoms with E-state index < -0.39 is 0 Å². The number of thiazole rings is 1. The summed E-state index contributed by atoms with van der Waals surface area (Å²) in [4.78, 5) is 31.4. The zero-order chi connectivity index (χ0) is 21.3. The number of nitrogens with zero attached hydrogens (tertiary/aromatic N) is 5. The average molecular weight is 463 g/mol. The van der Waals surface area contributed by atoms with Crippen molar-refractivity contribution in [2.75, 3.05) is 43.4 Å². The van der Waals surface area contributed by atoms with Gasteiger partial charge in [0.25, 0.3) is 5.91 Å². The number of likely N-dealkylation sites (N-methyl/N-ethyl adjacent to an activating group) is 1. The first kappa shape index (κ1) is 21.2. The van der Waals surface area contributed by atoms with Crippen LogP contribution < -0.4 is 10.2 Å². The number of anilines is 2. The van der Waals surface area contributed by atoms with Crippen molar-refractivity contribution in [3.05, 3.63) is 48.9 Å². The highest BCUT2D eigenvalue weighted by atomic mass is 35.5. The highest BCUT2D eigenvalue weighted by Crippen LogP contribution is 2.33. The summed E-state index contributed by atoms with van der Waals surface area (Å²) in [7, 11) is 2.14. The third-order valence-corrected chi connectivity index (χ3v) is 7.32. The van der Waals surface area contributed by atoms with E-state index in [1.807, 2.05) is 25.3 Å². The van der Waals surface area contributed by atoms with Gasteiger partial charge in [-0.05, 0) is 31.8 Å². The number of carbonyl (C=O) groups excluding carboxylic acids is 1. The van der Waals surface area contributed by atoms with Crippen LogP contribution in [0.3, 0.4) is 0 Å². The molecule has 1 aliphatic heterocycles. The number of thiophene rings is 1. The van der Waals surface area contributed by atoms with E-state index in [1.165, 1.54) is 22.7 Å². The van der Waals surface area contributed by atoms with Gasteiger partial charge in [-0.15, -0.1) is 22.7 Å². The van der Waals surface area contributed by atoms with Crippen molar-refractivity contribution in [3.8, 4) is 0 Å². The Bertz CT molecular complexity index is 1040. The van der Waals surface area contributed by atoms with E-state index in [9.17, 15) is 4.79 Å². The fourth-order valence-corrected chi connectivity index (χ4v) is 5.17.